The summed E-state index contributed by atoms with van der Waals surface area (Å²) in [5.41, 5.74) is 2.39. The van der Waals surface area contributed by atoms with Crippen molar-refractivity contribution < 1.29 is 28.7 Å². The Balaban J connectivity index is 0.00000180. The molecule has 1 heterocycles. The summed E-state index contributed by atoms with van der Waals surface area (Å²) in [6.07, 6.45) is 7.24. The fourth-order valence-corrected chi connectivity index (χ4v) is 2.15. The van der Waals surface area contributed by atoms with Crippen molar-refractivity contribution >= 4 is 0 Å². The highest BCUT2D eigenvalue weighted by molar-refractivity contribution is 5.54. The lowest BCUT2D eigenvalue weighted by atomic mass is 10.2. The third kappa shape index (κ3) is 4.60. The molecule has 0 saturated carbocycles. The number of halogens is 1. The van der Waals surface area contributed by atoms with E-state index in [0.717, 1.165) is 6.54 Å². The van der Waals surface area contributed by atoms with Crippen molar-refractivity contribution in [3.8, 4) is 11.3 Å². The van der Waals surface area contributed by atoms with Crippen LogP contribution in [0, 0.1) is 0 Å². The van der Waals surface area contributed by atoms with Crippen LogP contribution < -0.4 is 28.7 Å². The van der Waals surface area contributed by atoms with Gasteiger partial charge in [-0.15, -0.1) is 9.36 Å². The van der Waals surface area contributed by atoms with E-state index in [0.29, 0.717) is 0 Å². The summed E-state index contributed by atoms with van der Waals surface area (Å²) in [5.74, 6) is 0. The molecule has 0 bridgehead atoms. The van der Waals surface area contributed by atoms with Crippen molar-refractivity contribution in [3.63, 3.8) is 0 Å². The number of hydrogen-bond donors (Lipinski definition) is 0. The molecule has 0 fully saturated rings. The van der Waals surface area contributed by atoms with Crippen LogP contribution in [0.15, 0.2) is 36.5 Å². The van der Waals surface area contributed by atoms with Gasteiger partial charge in [0.05, 0.1) is 5.21 Å². The minimum absolute atomic E-state index is 0. The van der Waals surface area contributed by atoms with Crippen molar-refractivity contribution in [3.05, 3.63) is 36.5 Å². The van der Waals surface area contributed by atoms with E-state index in [1.807, 2.05) is 17.8 Å². The molecule has 1 aromatic carbocycles. The molecule has 0 radical (unpaired) electrons. The molecule has 19 heavy (non-hydrogen) atoms. The summed E-state index contributed by atoms with van der Waals surface area (Å²) < 4.78 is 4.01. The average molecular weight is 371 g/mol. The number of unbranched alkanes of at least 4 members (excludes halogenated alkanes) is 3. The van der Waals surface area contributed by atoms with Crippen molar-refractivity contribution in [2.45, 2.75) is 39.2 Å². The predicted octanol–water partition coefficient (Wildman–Crippen LogP) is -0.0411. The second-order valence-corrected chi connectivity index (χ2v) is 4.72. The second kappa shape index (κ2) is 8.30. The van der Waals surface area contributed by atoms with Gasteiger partial charge in [0.2, 0.25) is 0 Å². The van der Waals surface area contributed by atoms with E-state index in [-0.39, 0.29) is 24.0 Å². The molecular formula is C15H22IN3. The summed E-state index contributed by atoms with van der Waals surface area (Å²) >= 11 is 0. The second-order valence-electron chi connectivity index (χ2n) is 4.72. The molecule has 0 aliphatic carbocycles. The molecule has 0 atom stereocenters. The van der Waals surface area contributed by atoms with Crippen LogP contribution in [0.25, 0.3) is 11.3 Å². The van der Waals surface area contributed by atoms with E-state index in [1.54, 1.807) is 0 Å². The van der Waals surface area contributed by atoms with Crippen LogP contribution in [0.5, 0.6) is 0 Å². The molecule has 104 valence electrons. The van der Waals surface area contributed by atoms with Gasteiger partial charge in [0.1, 0.15) is 13.6 Å². The molecule has 0 aliphatic rings. The highest BCUT2D eigenvalue weighted by Crippen LogP contribution is 2.13. The first-order valence-corrected chi connectivity index (χ1v) is 6.80. The molecule has 4 heteroatoms. The van der Waals surface area contributed by atoms with Crippen LogP contribution >= 0.6 is 0 Å². The zero-order valence-corrected chi connectivity index (χ0v) is 13.9. The third-order valence-electron chi connectivity index (χ3n) is 3.18. The molecule has 0 N–H and O–H groups in total. The SMILES string of the molecule is CCCCCCn1cc(-c2ccccc2)[n+](C)n1.[I-]. The number of benzene rings is 1. The quantitative estimate of drug-likeness (QED) is 0.397. The fourth-order valence-electron chi connectivity index (χ4n) is 2.15. The van der Waals surface area contributed by atoms with Gasteiger partial charge < -0.3 is 24.0 Å². The molecule has 2 aromatic rings. The predicted molar refractivity (Wildman–Crippen MR) is 73.0 cm³/mol. The summed E-state index contributed by atoms with van der Waals surface area (Å²) in [6, 6.07) is 10.4. The highest BCUT2D eigenvalue weighted by Gasteiger charge is 2.13. The van der Waals surface area contributed by atoms with Crippen molar-refractivity contribution in [1.29, 1.82) is 0 Å². The fraction of sp³-hybridized carbons (Fsp3) is 0.467. The van der Waals surface area contributed by atoms with Gasteiger partial charge in [0.25, 0.3) is 0 Å². The van der Waals surface area contributed by atoms with Gasteiger partial charge in [-0.3, -0.25) is 0 Å². The van der Waals surface area contributed by atoms with Crippen molar-refractivity contribution in [1.82, 2.24) is 9.90 Å². The first kappa shape index (κ1) is 16.1. The number of hydrogen-bond acceptors (Lipinski definition) is 1. The summed E-state index contributed by atoms with van der Waals surface area (Å²) in [4.78, 5) is 0. The Hall–Kier alpha value is -0.910. The molecule has 1 aromatic heterocycles. The molecular weight excluding hydrogens is 349 g/mol. The monoisotopic (exact) mass is 371 g/mol. The number of aromatic nitrogens is 3. The largest absolute Gasteiger partial charge is 1.00 e. The highest BCUT2D eigenvalue weighted by atomic mass is 127. The van der Waals surface area contributed by atoms with Gasteiger partial charge in [0, 0.05) is 5.56 Å². The molecule has 0 aliphatic heterocycles. The maximum Gasteiger partial charge on any atom is 0.197 e. The van der Waals surface area contributed by atoms with Gasteiger partial charge in [-0.05, 0) is 12.8 Å². The first-order valence-electron chi connectivity index (χ1n) is 6.80. The van der Waals surface area contributed by atoms with E-state index < -0.39 is 0 Å². The van der Waals surface area contributed by atoms with E-state index in [1.165, 1.54) is 36.9 Å². The van der Waals surface area contributed by atoms with Crippen LogP contribution in [0.1, 0.15) is 32.6 Å². The minimum atomic E-state index is 0. The van der Waals surface area contributed by atoms with Crippen LogP contribution in [0.4, 0.5) is 0 Å². The molecule has 0 spiro atoms. The minimum Gasteiger partial charge on any atom is -1.00 e. The summed E-state index contributed by atoms with van der Waals surface area (Å²) in [7, 11) is 2.00. The maximum absolute atomic E-state index is 4.52. The third-order valence-corrected chi connectivity index (χ3v) is 3.18. The van der Waals surface area contributed by atoms with E-state index in [4.69, 9.17) is 0 Å². The van der Waals surface area contributed by atoms with E-state index >= 15 is 0 Å². The van der Waals surface area contributed by atoms with Gasteiger partial charge in [-0.1, -0.05) is 50.1 Å². The number of nitrogens with zero attached hydrogens (tertiary/aromatic N) is 3. The topological polar surface area (TPSA) is 21.7 Å². The van der Waals surface area contributed by atoms with E-state index in [2.05, 4.69) is 47.3 Å². The standard InChI is InChI=1S/C15H22N3.HI/c1-3-4-5-9-12-18-13-15(17(2)16-18)14-10-7-6-8-11-14;/h6-8,10-11,13H,3-5,9,12H2,1-2H3;1H/q+1;/p-1. The van der Waals surface area contributed by atoms with Crippen molar-refractivity contribution in [2.24, 2.45) is 7.05 Å². The van der Waals surface area contributed by atoms with Crippen molar-refractivity contribution in [2.75, 3.05) is 0 Å². The summed E-state index contributed by atoms with van der Waals surface area (Å²) in [6.45, 7) is 3.25. The Morgan fingerprint density at radius 3 is 2.53 bits per heavy atom. The lowest BCUT2D eigenvalue weighted by Gasteiger charge is -1.94. The molecule has 3 nitrogen and oxygen atoms in total. The lowest BCUT2D eigenvalue weighted by Crippen LogP contribution is -3.00. The Labute approximate surface area is 132 Å². The van der Waals surface area contributed by atoms with Gasteiger partial charge in [0.15, 0.2) is 11.9 Å². The van der Waals surface area contributed by atoms with Gasteiger partial charge in [-0.25, -0.2) is 0 Å². The van der Waals surface area contributed by atoms with Gasteiger partial charge in [-0.2, -0.15) is 0 Å². The van der Waals surface area contributed by atoms with Crippen LogP contribution in [0.2, 0.25) is 0 Å². The summed E-state index contributed by atoms with van der Waals surface area (Å²) in [5, 5.41) is 4.52. The van der Waals surface area contributed by atoms with Gasteiger partial charge >= 0.3 is 0 Å². The number of aryl methyl sites for hydroxylation is 2. The average Bonchev–Trinajstić information content (AvgIpc) is 2.77. The Bertz CT molecular complexity index is 479. The normalized spacial score (nSPS) is 10.2. The maximum atomic E-state index is 4.52. The molecule has 0 saturated heterocycles. The Kier molecular flexibility index (Phi) is 7.05. The Morgan fingerprint density at radius 2 is 1.84 bits per heavy atom. The Morgan fingerprint density at radius 1 is 1.11 bits per heavy atom. The molecule has 0 unspecified atom stereocenters. The zero-order chi connectivity index (χ0) is 12.8. The smallest absolute Gasteiger partial charge is 0.197 e. The van der Waals surface area contributed by atoms with E-state index in [9.17, 15) is 0 Å². The first-order chi connectivity index (χ1) is 8.81. The number of rotatable bonds is 6. The zero-order valence-electron chi connectivity index (χ0n) is 11.7. The van der Waals surface area contributed by atoms with Crippen LogP contribution in [-0.4, -0.2) is 9.90 Å². The molecule has 0 amide bonds. The lowest BCUT2D eigenvalue weighted by molar-refractivity contribution is -0.722. The molecule has 2 rings (SSSR count). The van der Waals surface area contributed by atoms with Crippen LogP contribution in [0.3, 0.4) is 0 Å². The van der Waals surface area contributed by atoms with Crippen LogP contribution in [-0.2, 0) is 13.6 Å².